The lowest BCUT2D eigenvalue weighted by molar-refractivity contribution is -0.137. The number of fused-ring (bicyclic) bond motifs is 1. The van der Waals surface area contributed by atoms with Crippen molar-refractivity contribution in [2.24, 2.45) is 0 Å². The Labute approximate surface area is 112 Å². The molecule has 0 aliphatic heterocycles. The number of hydrogen-bond acceptors (Lipinski definition) is 2. The lowest BCUT2D eigenvalue weighted by atomic mass is 9.90. The highest BCUT2D eigenvalue weighted by atomic mass is 16.4. The lowest BCUT2D eigenvalue weighted by Crippen LogP contribution is -2.15. The van der Waals surface area contributed by atoms with Gasteiger partial charge in [-0.25, -0.2) is 0 Å². The van der Waals surface area contributed by atoms with Crippen LogP contribution in [0.2, 0.25) is 0 Å². The van der Waals surface area contributed by atoms with Crippen molar-refractivity contribution in [1.82, 2.24) is 0 Å². The maximum atomic E-state index is 11.8. The van der Waals surface area contributed by atoms with Crippen molar-refractivity contribution < 1.29 is 14.7 Å². The number of amides is 1. The van der Waals surface area contributed by atoms with Gasteiger partial charge < -0.3 is 10.4 Å². The minimum absolute atomic E-state index is 0.0420. The topological polar surface area (TPSA) is 66.4 Å². The van der Waals surface area contributed by atoms with Gasteiger partial charge in [-0.1, -0.05) is 12.1 Å². The maximum absolute atomic E-state index is 11.8. The predicted octanol–water partition coefficient (Wildman–Crippen LogP) is 2.76. The second kappa shape index (κ2) is 6.36. The Morgan fingerprint density at radius 1 is 1.16 bits per heavy atom. The van der Waals surface area contributed by atoms with Crippen LogP contribution in [0.1, 0.15) is 43.2 Å². The van der Waals surface area contributed by atoms with E-state index in [9.17, 15) is 9.59 Å². The first kappa shape index (κ1) is 13.6. The van der Waals surface area contributed by atoms with Gasteiger partial charge in [0.05, 0.1) is 0 Å². The molecule has 0 spiro atoms. The fourth-order valence-electron chi connectivity index (χ4n) is 2.51. The van der Waals surface area contributed by atoms with Crippen molar-refractivity contribution in [3.05, 3.63) is 29.3 Å². The van der Waals surface area contributed by atoms with Gasteiger partial charge in [0, 0.05) is 18.5 Å². The van der Waals surface area contributed by atoms with E-state index in [-0.39, 0.29) is 18.7 Å². The fraction of sp³-hybridized carbons (Fsp3) is 0.467. The van der Waals surface area contributed by atoms with Gasteiger partial charge in [-0.15, -0.1) is 0 Å². The molecule has 0 unspecified atom stereocenters. The van der Waals surface area contributed by atoms with Crippen LogP contribution < -0.4 is 5.32 Å². The number of nitrogens with one attached hydrogen (secondary N) is 1. The molecule has 0 aromatic heterocycles. The molecule has 0 heterocycles. The number of carbonyl (C=O) groups is 2. The second-order valence-corrected chi connectivity index (χ2v) is 4.95. The standard InChI is InChI=1S/C15H19NO3/c17-14(9-4-10-15(18)19)16-13-8-3-6-11-5-1-2-7-12(11)13/h3,6,8H,1-2,4-5,7,9-10H2,(H,16,17)(H,18,19). The zero-order valence-corrected chi connectivity index (χ0v) is 10.9. The Morgan fingerprint density at radius 2 is 1.95 bits per heavy atom. The largest absolute Gasteiger partial charge is 0.481 e. The normalized spacial score (nSPS) is 13.7. The maximum Gasteiger partial charge on any atom is 0.303 e. The van der Waals surface area contributed by atoms with Crippen LogP contribution in [0.25, 0.3) is 0 Å². The van der Waals surface area contributed by atoms with Crippen LogP contribution in [0.4, 0.5) is 5.69 Å². The Bertz CT molecular complexity index is 482. The molecule has 0 fully saturated rings. The number of carboxylic acid groups (broad SMARTS) is 1. The quantitative estimate of drug-likeness (QED) is 0.856. The van der Waals surface area contributed by atoms with Crippen molar-refractivity contribution >= 4 is 17.6 Å². The zero-order valence-electron chi connectivity index (χ0n) is 10.9. The number of anilines is 1. The molecule has 1 aliphatic carbocycles. The molecule has 0 bridgehead atoms. The number of aryl methyl sites for hydroxylation is 1. The van der Waals surface area contributed by atoms with Crippen molar-refractivity contribution in [3.8, 4) is 0 Å². The molecule has 1 aromatic rings. The van der Waals surface area contributed by atoms with Gasteiger partial charge >= 0.3 is 5.97 Å². The molecular weight excluding hydrogens is 242 g/mol. The van der Waals surface area contributed by atoms with Crippen LogP contribution in [0.15, 0.2) is 18.2 Å². The molecular formula is C15H19NO3. The van der Waals surface area contributed by atoms with Crippen LogP contribution in [-0.4, -0.2) is 17.0 Å². The Balaban J connectivity index is 1.95. The molecule has 0 radical (unpaired) electrons. The van der Waals surface area contributed by atoms with Gasteiger partial charge in [-0.3, -0.25) is 9.59 Å². The first-order valence-electron chi connectivity index (χ1n) is 6.79. The van der Waals surface area contributed by atoms with E-state index in [2.05, 4.69) is 11.4 Å². The first-order valence-corrected chi connectivity index (χ1v) is 6.79. The predicted molar refractivity (Wildman–Crippen MR) is 73.2 cm³/mol. The van der Waals surface area contributed by atoms with Gasteiger partial charge in [0.25, 0.3) is 0 Å². The van der Waals surface area contributed by atoms with E-state index in [1.54, 1.807) is 0 Å². The zero-order chi connectivity index (χ0) is 13.7. The summed E-state index contributed by atoms with van der Waals surface area (Å²) < 4.78 is 0. The Hall–Kier alpha value is -1.84. The summed E-state index contributed by atoms with van der Waals surface area (Å²) in [6.07, 6.45) is 5.16. The summed E-state index contributed by atoms with van der Waals surface area (Å²) in [5.41, 5.74) is 3.48. The van der Waals surface area contributed by atoms with E-state index >= 15 is 0 Å². The highest BCUT2D eigenvalue weighted by Gasteiger charge is 2.14. The summed E-state index contributed by atoms with van der Waals surface area (Å²) in [6, 6.07) is 6.02. The minimum Gasteiger partial charge on any atom is -0.481 e. The Morgan fingerprint density at radius 3 is 2.74 bits per heavy atom. The third kappa shape index (κ3) is 3.81. The van der Waals surface area contributed by atoms with E-state index in [1.807, 2.05) is 12.1 Å². The van der Waals surface area contributed by atoms with Crippen LogP contribution >= 0.6 is 0 Å². The average molecular weight is 261 g/mol. The van der Waals surface area contributed by atoms with Crippen molar-refractivity contribution in [2.75, 3.05) is 5.32 Å². The van der Waals surface area contributed by atoms with Gasteiger partial charge in [-0.05, 0) is 49.3 Å². The monoisotopic (exact) mass is 261 g/mol. The van der Waals surface area contributed by atoms with Crippen molar-refractivity contribution in [1.29, 1.82) is 0 Å². The second-order valence-electron chi connectivity index (χ2n) is 4.95. The third-order valence-corrected chi connectivity index (χ3v) is 3.46. The summed E-state index contributed by atoms with van der Waals surface area (Å²) in [5.74, 6) is -0.954. The van der Waals surface area contributed by atoms with Crippen molar-refractivity contribution in [3.63, 3.8) is 0 Å². The Kier molecular flexibility index (Phi) is 4.55. The van der Waals surface area contributed by atoms with Crippen molar-refractivity contribution in [2.45, 2.75) is 44.9 Å². The summed E-state index contributed by atoms with van der Waals surface area (Å²) in [5, 5.41) is 11.5. The van der Waals surface area contributed by atoms with Gasteiger partial charge in [0.2, 0.25) is 5.91 Å². The fourth-order valence-corrected chi connectivity index (χ4v) is 2.51. The smallest absolute Gasteiger partial charge is 0.303 e. The average Bonchev–Trinajstić information content (AvgIpc) is 2.39. The molecule has 1 amide bonds. The van der Waals surface area contributed by atoms with E-state index in [0.717, 1.165) is 18.5 Å². The molecule has 102 valence electrons. The number of rotatable bonds is 5. The van der Waals surface area contributed by atoms with Gasteiger partial charge in [-0.2, -0.15) is 0 Å². The summed E-state index contributed by atoms with van der Waals surface area (Å²) >= 11 is 0. The van der Waals surface area contributed by atoms with E-state index in [4.69, 9.17) is 5.11 Å². The number of carboxylic acids is 1. The molecule has 0 atom stereocenters. The van der Waals surface area contributed by atoms with E-state index in [1.165, 1.54) is 24.0 Å². The molecule has 2 N–H and O–H groups in total. The van der Waals surface area contributed by atoms with E-state index in [0.29, 0.717) is 6.42 Å². The van der Waals surface area contributed by atoms with Gasteiger partial charge in [0.1, 0.15) is 0 Å². The van der Waals surface area contributed by atoms with Crippen LogP contribution in [0.3, 0.4) is 0 Å². The number of benzene rings is 1. The summed E-state index contributed by atoms with van der Waals surface area (Å²) in [4.78, 5) is 22.2. The summed E-state index contributed by atoms with van der Waals surface area (Å²) in [6.45, 7) is 0. The minimum atomic E-state index is -0.857. The van der Waals surface area contributed by atoms with Crippen LogP contribution in [0.5, 0.6) is 0 Å². The molecule has 2 rings (SSSR count). The number of carbonyl (C=O) groups excluding carboxylic acids is 1. The highest BCUT2D eigenvalue weighted by Crippen LogP contribution is 2.27. The molecule has 19 heavy (non-hydrogen) atoms. The molecule has 0 saturated heterocycles. The highest BCUT2D eigenvalue weighted by molar-refractivity contribution is 5.91. The van der Waals surface area contributed by atoms with E-state index < -0.39 is 5.97 Å². The number of hydrogen-bond donors (Lipinski definition) is 2. The molecule has 4 heteroatoms. The van der Waals surface area contributed by atoms with Crippen LogP contribution in [0, 0.1) is 0 Å². The SMILES string of the molecule is O=C(O)CCCC(=O)Nc1cccc2c1CCCC2. The lowest BCUT2D eigenvalue weighted by Gasteiger charge is -2.19. The molecule has 4 nitrogen and oxygen atoms in total. The third-order valence-electron chi connectivity index (χ3n) is 3.46. The van der Waals surface area contributed by atoms with Crippen LogP contribution in [-0.2, 0) is 22.4 Å². The first-order chi connectivity index (χ1) is 9.16. The molecule has 1 aromatic carbocycles. The molecule has 0 saturated carbocycles. The van der Waals surface area contributed by atoms with Gasteiger partial charge in [0.15, 0.2) is 0 Å². The summed E-state index contributed by atoms with van der Waals surface area (Å²) in [7, 11) is 0. The molecule has 1 aliphatic rings. The number of aliphatic carboxylic acids is 1.